The highest BCUT2D eigenvalue weighted by Crippen LogP contribution is 2.30. The van der Waals surface area contributed by atoms with Gasteiger partial charge in [0.2, 0.25) is 0 Å². The van der Waals surface area contributed by atoms with Crippen molar-refractivity contribution in [1.82, 2.24) is 14.8 Å². The molecule has 1 amide bonds. The summed E-state index contributed by atoms with van der Waals surface area (Å²) in [6.45, 7) is 4.58. The van der Waals surface area contributed by atoms with Crippen LogP contribution >= 0.6 is 0 Å². The summed E-state index contributed by atoms with van der Waals surface area (Å²) < 4.78 is 20.1. The zero-order valence-electron chi connectivity index (χ0n) is 19.6. The molecule has 1 aromatic heterocycles. The predicted octanol–water partition coefficient (Wildman–Crippen LogP) is 4.02. The van der Waals surface area contributed by atoms with Gasteiger partial charge in [0.05, 0.1) is 5.52 Å². The highest BCUT2D eigenvalue weighted by Gasteiger charge is 2.38. The monoisotopic (exact) mass is 477 g/mol. The van der Waals surface area contributed by atoms with Crippen LogP contribution in [0.3, 0.4) is 0 Å². The quantitative estimate of drug-likeness (QED) is 0.577. The Morgan fingerprint density at radius 1 is 1.09 bits per heavy atom. The van der Waals surface area contributed by atoms with Crippen LogP contribution < -0.4 is 4.74 Å². The van der Waals surface area contributed by atoms with Crippen molar-refractivity contribution < 1.29 is 23.8 Å². The lowest BCUT2D eigenvalue weighted by Gasteiger charge is -2.38. The number of hydrogen-bond acceptors (Lipinski definition) is 5. The predicted molar refractivity (Wildman–Crippen MR) is 129 cm³/mol. The van der Waals surface area contributed by atoms with Crippen LogP contribution in [0.5, 0.6) is 5.75 Å². The van der Waals surface area contributed by atoms with Crippen molar-refractivity contribution in [3.63, 3.8) is 0 Å². The molecule has 1 atom stereocenters. The Bertz CT molecular complexity index is 1270. The van der Waals surface area contributed by atoms with E-state index in [0.717, 1.165) is 37.2 Å². The Balaban J connectivity index is 1.23. The molecule has 0 radical (unpaired) electrons. The Morgan fingerprint density at radius 3 is 2.57 bits per heavy atom. The van der Waals surface area contributed by atoms with Crippen LogP contribution in [0.25, 0.3) is 10.9 Å². The van der Waals surface area contributed by atoms with Gasteiger partial charge in [-0.25, -0.2) is 9.18 Å². The summed E-state index contributed by atoms with van der Waals surface area (Å²) in [6.07, 6.45) is 2.12. The number of aromatic nitrogens is 1. The zero-order valence-corrected chi connectivity index (χ0v) is 19.6. The lowest BCUT2D eigenvalue weighted by molar-refractivity contribution is -0.146. The van der Waals surface area contributed by atoms with Crippen LogP contribution in [0.1, 0.15) is 40.9 Å². The lowest BCUT2D eigenvalue weighted by atomic mass is 9.98. The van der Waals surface area contributed by atoms with Crippen LogP contribution in [0, 0.1) is 12.7 Å². The number of rotatable bonds is 6. The normalized spacial score (nSPS) is 18.9. The molecular weight excluding hydrogens is 449 g/mol. The fourth-order valence-corrected chi connectivity index (χ4v) is 4.90. The molecule has 2 saturated heterocycles. The maximum absolute atomic E-state index is 13.8. The maximum Gasteiger partial charge on any atom is 0.326 e. The van der Waals surface area contributed by atoms with E-state index >= 15 is 0 Å². The number of fused-ring (bicyclic) bond motifs is 1. The SMILES string of the molecule is Cc1cc(OC2CCN(Cc3ccccc3C(=O)N3CCC3C(=O)O)CC2)c2cc(F)ccc2n1. The van der Waals surface area contributed by atoms with Crippen LogP contribution in [0.2, 0.25) is 0 Å². The standard InChI is InChI=1S/C27H28FN3O4/c1-17-14-25(22-15-19(28)6-7-23(22)29-17)35-20-8-11-30(12-9-20)16-18-4-2-3-5-21(18)26(32)31-13-10-24(31)27(33)34/h2-7,14-15,20,24H,8-13,16H2,1H3,(H,33,34). The number of likely N-dealkylation sites (tertiary alicyclic amines) is 2. The van der Waals surface area contributed by atoms with E-state index in [-0.39, 0.29) is 17.8 Å². The first-order chi connectivity index (χ1) is 16.9. The van der Waals surface area contributed by atoms with Crippen LogP contribution in [0.4, 0.5) is 4.39 Å². The second-order valence-electron chi connectivity index (χ2n) is 9.32. The molecule has 0 spiro atoms. The number of aryl methyl sites for hydroxylation is 1. The average molecular weight is 478 g/mol. The summed E-state index contributed by atoms with van der Waals surface area (Å²) in [5.74, 6) is -0.832. The molecule has 2 aliphatic rings. The molecule has 35 heavy (non-hydrogen) atoms. The molecule has 182 valence electrons. The summed E-state index contributed by atoms with van der Waals surface area (Å²) >= 11 is 0. The number of carbonyl (C=O) groups is 2. The van der Waals surface area contributed by atoms with E-state index in [2.05, 4.69) is 9.88 Å². The number of piperidine rings is 1. The number of benzene rings is 2. The van der Waals surface area contributed by atoms with E-state index in [0.29, 0.717) is 41.7 Å². The van der Waals surface area contributed by atoms with Crippen molar-refractivity contribution in [2.45, 2.75) is 44.9 Å². The van der Waals surface area contributed by atoms with E-state index in [1.165, 1.54) is 17.0 Å². The van der Waals surface area contributed by atoms with Crippen molar-refractivity contribution in [3.8, 4) is 5.75 Å². The minimum Gasteiger partial charge on any atom is -0.490 e. The fraction of sp³-hybridized carbons (Fsp3) is 0.370. The summed E-state index contributed by atoms with van der Waals surface area (Å²) in [7, 11) is 0. The van der Waals surface area contributed by atoms with Gasteiger partial charge in [-0.2, -0.15) is 0 Å². The third-order valence-corrected chi connectivity index (χ3v) is 6.90. The lowest BCUT2D eigenvalue weighted by Crippen LogP contribution is -2.55. The van der Waals surface area contributed by atoms with Gasteiger partial charge in [0, 0.05) is 48.9 Å². The molecule has 0 saturated carbocycles. The number of aliphatic carboxylic acids is 1. The van der Waals surface area contributed by atoms with E-state index in [1.54, 1.807) is 12.1 Å². The summed E-state index contributed by atoms with van der Waals surface area (Å²) in [5, 5.41) is 9.99. The second kappa shape index (κ2) is 9.62. The van der Waals surface area contributed by atoms with Gasteiger partial charge in [0.25, 0.3) is 5.91 Å². The molecular formula is C27H28FN3O4. The molecule has 3 heterocycles. The molecule has 7 nitrogen and oxygen atoms in total. The molecule has 3 aromatic rings. The first kappa shape index (κ1) is 23.2. The van der Waals surface area contributed by atoms with E-state index in [4.69, 9.17) is 4.74 Å². The molecule has 8 heteroatoms. The molecule has 2 aliphatic heterocycles. The second-order valence-corrected chi connectivity index (χ2v) is 9.32. The molecule has 2 fully saturated rings. The molecule has 1 unspecified atom stereocenters. The Morgan fingerprint density at radius 2 is 1.86 bits per heavy atom. The van der Waals surface area contributed by atoms with Gasteiger partial charge < -0.3 is 14.7 Å². The van der Waals surface area contributed by atoms with Gasteiger partial charge in [-0.15, -0.1) is 0 Å². The number of nitrogens with zero attached hydrogens (tertiary/aromatic N) is 3. The van der Waals surface area contributed by atoms with Gasteiger partial charge in [-0.3, -0.25) is 14.7 Å². The summed E-state index contributed by atoms with van der Waals surface area (Å²) in [6, 6.07) is 13.1. The molecule has 0 bridgehead atoms. The van der Waals surface area contributed by atoms with Crippen molar-refractivity contribution in [2.75, 3.05) is 19.6 Å². The smallest absolute Gasteiger partial charge is 0.326 e. The summed E-state index contributed by atoms with van der Waals surface area (Å²) in [4.78, 5) is 32.6. The van der Waals surface area contributed by atoms with Crippen molar-refractivity contribution in [1.29, 1.82) is 0 Å². The largest absolute Gasteiger partial charge is 0.490 e. The van der Waals surface area contributed by atoms with Gasteiger partial charge in [0.15, 0.2) is 0 Å². The van der Waals surface area contributed by atoms with Crippen molar-refractivity contribution in [3.05, 3.63) is 71.2 Å². The van der Waals surface area contributed by atoms with Crippen molar-refractivity contribution in [2.24, 2.45) is 0 Å². The number of ether oxygens (including phenoxy) is 1. The first-order valence-corrected chi connectivity index (χ1v) is 12.0. The van der Waals surface area contributed by atoms with E-state index in [9.17, 15) is 19.1 Å². The van der Waals surface area contributed by atoms with Crippen LogP contribution in [0.15, 0.2) is 48.5 Å². The highest BCUT2D eigenvalue weighted by atomic mass is 19.1. The number of halogens is 1. The van der Waals surface area contributed by atoms with E-state index in [1.807, 2.05) is 31.2 Å². The highest BCUT2D eigenvalue weighted by molar-refractivity contribution is 5.98. The number of pyridine rings is 1. The average Bonchev–Trinajstić information content (AvgIpc) is 2.80. The zero-order chi connectivity index (χ0) is 24.5. The van der Waals surface area contributed by atoms with E-state index < -0.39 is 12.0 Å². The first-order valence-electron chi connectivity index (χ1n) is 12.0. The maximum atomic E-state index is 13.8. The Hall–Kier alpha value is -3.52. The van der Waals surface area contributed by atoms with Gasteiger partial charge in [-0.1, -0.05) is 18.2 Å². The summed E-state index contributed by atoms with van der Waals surface area (Å²) in [5.41, 5.74) is 3.01. The number of carbonyl (C=O) groups excluding carboxylic acids is 1. The van der Waals surface area contributed by atoms with Gasteiger partial charge in [0.1, 0.15) is 23.7 Å². The topological polar surface area (TPSA) is 83.0 Å². The molecule has 5 rings (SSSR count). The van der Waals surface area contributed by atoms with Gasteiger partial charge >= 0.3 is 5.97 Å². The molecule has 2 aromatic carbocycles. The minimum atomic E-state index is -0.955. The molecule has 0 aliphatic carbocycles. The fourth-order valence-electron chi connectivity index (χ4n) is 4.90. The van der Waals surface area contributed by atoms with Crippen LogP contribution in [-0.2, 0) is 11.3 Å². The number of carboxylic acids is 1. The third-order valence-electron chi connectivity index (χ3n) is 6.90. The minimum absolute atomic E-state index is 0.00815. The Labute approximate surface area is 203 Å². The third kappa shape index (κ3) is 4.84. The Kier molecular flexibility index (Phi) is 6.38. The number of amides is 1. The number of hydrogen-bond donors (Lipinski definition) is 1. The van der Waals surface area contributed by atoms with Gasteiger partial charge in [-0.05, 0) is 56.0 Å². The number of carboxylic acid groups (broad SMARTS) is 1. The van der Waals surface area contributed by atoms with Crippen molar-refractivity contribution >= 4 is 22.8 Å². The molecule has 1 N–H and O–H groups in total. The van der Waals surface area contributed by atoms with Crippen LogP contribution in [-0.4, -0.2) is 63.5 Å².